The van der Waals surface area contributed by atoms with Gasteiger partial charge in [0, 0.05) is 19.0 Å². The molecule has 0 N–H and O–H groups in total. The predicted molar refractivity (Wildman–Crippen MR) is 83.6 cm³/mol. The van der Waals surface area contributed by atoms with Gasteiger partial charge in [-0.2, -0.15) is 4.98 Å². The van der Waals surface area contributed by atoms with Crippen molar-refractivity contribution in [3.05, 3.63) is 5.82 Å². The molecule has 1 fully saturated rings. The Kier molecular flexibility index (Phi) is 5.62. The molecule has 1 saturated heterocycles. The third-order valence-corrected chi connectivity index (χ3v) is 4.44. The van der Waals surface area contributed by atoms with Crippen LogP contribution in [0.2, 0.25) is 0 Å². The quantitative estimate of drug-likeness (QED) is 0.802. The van der Waals surface area contributed by atoms with Gasteiger partial charge in [-0.05, 0) is 39.0 Å². The van der Waals surface area contributed by atoms with E-state index in [0.29, 0.717) is 30.1 Å². The molecular formula is C16H29N3O2. The Hall–Kier alpha value is -1.10. The van der Waals surface area contributed by atoms with Crippen molar-refractivity contribution in [2.45, 2.75) is 72.0 Å². The van der Waals surface area contributed by atoms with Crippen molar-refractivity contribution in [3.8, 4) is 0 Å². The Bertz CT molecular complexity index is 425. The standard InChI is InChI=1S/C16H29N3O2/c1-6-12(4)20-13(5)14-7-9-19(10-8-14)16-17-15(11(2)3)18-21-16/h11-14H,6-10H2,1-5H3. The van der Waals surface area contributed by atoms with Crippen molar-refractivity contribution in [2.24, 2.45) is 5.92 Å². The van der Waals surface area contributed by atoms with Gasteiger partial charge in [0.15, 0.2) is 5.82 Å². The van der Waals surface area contributed by atoms with E-state index < -0.39 is 0 Å². The van der Waals surface area contributed by atoms with E-state index in [1.807, 2.05) is 0 Å². The van der Waals surface area contributed by atoms with E-state index in [-0.39, 0.29) is 0 Å². The number of ether oxygens (including phenoxy) is 1. The van der Waals surface area contributed by atoms with E-state index >= 15 is 0 Å². The lowest BCUT2D eigenvalue weighted by molar-refractivity contribution is -0.0307. The molecule has 2 rings (SSSR count). The van der Waals surface area contributed by atoms with Crippen LogP contribution in [0.5, 0.6) is 0 Å². The summed E-state index contributed by atoms with van der Waals surface area (Å²) < 4.78 is 11.4. The molecule has 0 bridgehead atoms. The lowest BCUT2D eigenvalue weighted by atomic mass is 9.92. The lowest BCUT2D eigenvalue weighted by Crippen LogP contribution is -2.38. The summed E-state index contributed by atoms with van der Waals surface area (Å²) in [7, 11) is 0. The van der Waals surface area contributed by atoms with E-state index in [4.69, 9.17) is 9.26 Å². The molecule has 120 valence electrons. The Morgan fingerprint density at radius 1 is 1.24 bits per heavy atom. The van der Waals surface area contributed by atoms with Crippen LogP contribution in [0.4, 0.5) is 6.01 Å². The molecule has 1 aliphatic rings. The van der Waals surface area contributed by atoms with Crippen molar-refractivity contribution in [1.29, 1.82) is 0 Å². The van der Waals surface area contributed by atoms with Crippen molar-refractivity contribution in [2.75, 3.05) is 18.0 Å². The Morgan fingerprint density at radius 2 is 1.90 bits per heavy atom. The Balaban J connectivity index is 1.84. The van der Waals surface area contributed by atoms with E-state index in [1.54, 1.807) is 0 Å². The van der Waals surface area contributed by atoms with Crippen molar-refractivity contribution >= 4 is 6.01 Å². The number of hydrogen-bond acceptors (Lipinski definition) is 5. The van der Waals surface area contributed by atoms with Gasteiger partial charge in [-0.3, -0.25) is 0 Å². The minimum atomic E-state index is 0.309. The van der Waals surface area contributed by atoms with E-state index in [9.17, 15) is 0 Å². The molecule has 2 heterocycles. The normalized spacial score (nSPS) is 20.0. The smallest absolute Gasteiger partial charge is 0.324 e. The monoisotopic (exact) mass is 295 g/mol. The number of anilines is 1. The molecule has 0 amide bonds. The predicted octanol–water partition coefficient (Wildman–Crippen LogP) is 3.61. The molecule has 5 nitrogen and oxygen atoms in total. The third kappa shape index (κ3) is 4.19. The van der Waals surface area contributed by atoms with E-state index in [1.165, 1.54) is 0 Å². The van der Waals surface area contributed by atoms with Crippen LogP contribution < -0.4 is 4.90 Å². The molecule has 2 unspecified atom stereocenters. The SMILES string of the molecule is CCC(C)OC(C)C1CCN(c2nc(C(C)C)no2)CC1. The van der Waals surface area contributed by atoms with Crippen LogP contribution in [0.1, 0.15) is 65.6 Å². The first kappa shape index (κ1) is 16.3. The second-order valence-electron chi connectivity index (χ2n) is 6.47. The highest BCUT2D eigenvalue weighted by atomic mass is 16.5. The minimum Gasteiger partial charge on any atom is -0.375 e. The zero-order chi connectivity index (χ0) is 15.4. The molecular weight excluding hydrogens is 266 g/mol. The lowest BCUT2D eigenvalue weighted by Gasteiger charge is -2.34. The minimum absolute atomic E-state index is 0.309. The van der Waals surface area contributed by atoms with Crippen LogP contribution in [-0.2, 0) is 4.74 Å². The zero-order valence-electron chi connectivity index (χ0n) is 14.0. The van der Waals surface area contributed by atoms with Crippen LogP contribution in [0, 0.1) is 5.92 Å². The largest absolute Gasteiger partial charge is 0.375 e. The van der Waals surface area contributed by atoms with Crippen molar-refractivity contribution in [3.63, 3.8) is 0 Å². The maximum absolute atomic E-state index is 6.05. The van der Waals surface area contributed by atoms with Crippen molar-refractivity contribution in [1.82, 2.24) is 10.1 Å². The number of hydrogen-bond donors (Lipinski definition) is 0. The topological polar surface area (TPSA) is 51.4 Å². The summed E-state index contributed by atoms with van der Waals surface area (Å²) in [5.74, 6) is 1.73. The number of rotatable bonds is 6. The van der Waals surface area contributed by atoms with Crippen LogP contribution in [-0.4, -0.2) is 35.4 Å². The number of aromatic nitrogens is 2. The highest BCUT2D eigenvalue weighted by Gasteiger charge is 2.27. The molecule has 1 aromatic rings. The van der Waals surface area contributed by atoms with Gasteiger partial charge in [0.2, 0.25) is 0 Å². The molecule has 5 heteroatoms. The molecule has 0 spiro atoms. The molecule has 0 aliphatic carbocycles. The average molecular weight is 295 g/mol. The molecule has 1 aromatic heterocycles. The Morgan fingerprint density at radius 3 is 2.43 bits per heavy atom. The first-order valence-electron chi connectivity index (χ1n) is 8.25. The first-order valence-corrected chi connectivity index (χ1v) is 8.25. The number of nitrogens with zero attached hydrogens (tertiary/aromatic N) is 3. The summed E-state index contributed by atoms with van der Waals surface area (Å²) >= 11 is 0. The van der Waals surface area contributed by atoms with Gasteiger partial charge >= 0.3 is 6.01 Å². The summed E-state index contributed by atoms with van der Waals surface area (Å²) in [6.07, 6.45) is 4.00. The first-order chi connectivity index (χ1) is 10.0. The summed E-state index contributed by atoms with van der Waals surface area (Å²) in [4.78, 5) is 6.68. The van der Waals surface area contributed by atoms with Gasteiger partial charge in [0.1, 0.15) is 0 Å². The zero-order valence-corrected chi connectivity index (χ0v) is 14.0. The number of piperidine rings is 1. The van der Waals surface area contributed by atoms with Crippen LogP contribution in [0.25, 0.3) is 0 Å². The van der Waals surface area contributed by atoms with Gasteiger partial charge in [-0.1, -0.05) is 25.9 Å². The summed E-state index contributed by atoms with van der Waals surface area (Å²) in [5.41, 5.74) is 0. The van der Waals surface area contributed by atoms with Crippen LogP contribution >= 0.6 is 0 Å². The fourth-order valence-electron chi connectivity index (χ4n) is 2.72. The van der Waals surface area contributed by atoms with Gasteiger partial charge in [-0.25, -0.2) is 0 Å². The second kappa shape index (κ2) is 7.25. The van der Waals surface area contributed by atoms with E-state index in [0.717, 1.165) is 38.2 Å². The van der Waals surface area contributed by atoms with Gasteiger partial charge in [-0.15, -0.1) is 0 Å². The van der Waals surface area contributed by atoms with Crippen LogP contribution in [0.15, 0.2) is 4.52 Å². The van der Waals surface area contributed by atoms with Crippen LogP contribution in [0.3, 0.4) is 0 Å². The Labute approximate surface area is 128 Å². The fraction of sp³-hybridized carbons (Fsp3) is 0.875. The summed E-state index contributed by atoms with van der Waals surface area (Å²) in [6.45, 7) is 12.6. The molecule has 0 saturated carbocycles. The molecule has 0 aromatic carbocycles. The second-order valence-corrected chi connectivity index (χ2v) is 6.47. The average Bonchev–Trinajstić information content (AvgIpc) is 2.97. The maximum atomic E-state index is 6.05. The fourth-order valence-corrected chi connectivity index (χ4v) is 2.72. The molecule has 21 heavy (non-hydrogen) atoms. The van der Waals surface area contributed by atoms with Crippen molar-refractivity contribution < 1.29 is 9.26 Å². The van der Waals surface area contributed by atoms with Gasteiger partial charge in [0.25, 0.3) is 0 Å². The highest BCUT2D eigenvalue weighted by molar-refractivity contribution is 5.26. The van der Waals surface area contributed by atoms with Gasteiger partial charge in [0.05, 0.1) is 12.2 Å². The van der Waals surface area contributed by atoms with Gasteiger partial charge < -0.3 is 14.2 Å². The molecule has 1 aliphatic heterocycles. The summed E-state index contributed by atoms with van der Waals surface area (Å²) in [6, 6.07) is 0.674. The summed E-state index contributed by atoms with van der Waals surface area (Å²) in [5, 5.41) is 4.04. The highest BCUT2D eigenvalue weighted by Crippen LogP contribution is 2.27. The maximum Gasteiger partial charge on any atom is 0.324 e. The third-order valence-electron chi connectivity index (χ3n) is 4.44. The van der Waals surface area contributed by atoms with E-state index in [2.05, 4.69) is 49.7 Å². The molecule has 0 radical (unpaired) electrons. The molecule has 2 atom stereocenters.